The van der Waals surface area contributed by atoms with Gasteiger partial charge in [-0.2, -0.15) is 15.4 Å². The van der Waals surface area contributed by atoms with Crippen LogP contribution in [0.15, 0.2) is 54.0 Å². The van der Waals surface area contributed by atoms with E-state index < -0.39 is 24.0 Å². The summed E-state index contributed by atoms with van der Waals surface area (Å²) in [6, 6.07) is 11.3. The Kier molecular flexibility index (Phi) is 7.23. The van der Waals surface area contributed by atoms with E-state index in [4.69, 9.17) is 0 Å². The van der Waals surface area contributed by atoms with Crippen LogP contribution in [0.5, 0.6) is 0 Å². The molecule has 4 N–H and O–H groups in total. The first kappa shape index (κ1) is 26.6. The molecule has 0 unspecified atom stereocenters. The van der Waals surface area contributed by atoms with E-state index in [9.17, 15) is 19.2 Å². The number of H-pyrrole nitrogens is 1. The van der Waals surface area contributed by atoms with Crippen LogP contribution in [0.3, 0.4) is 0 Å². The number of carbonyl (C=O) groups is 4. The summed E-state index contributed by atoms with van der Waals surface area (Å²) < 4.78 is 1.10. The van der Waals surface area contributed by atoms with E-state index in [0.717, 1.165) is 32.5 Å². The molecule has 2 aliphatic heterocycles. The molecule has 6 rings (SSSR count). The van der Waals surface area contributed by atoms with Crippen molar-refractivity contribution in [1.82, 2.24) is 31.4 Å². The van der Waals surface area contributed by atoms with Crippen molar-refractivity contribution in [1.29, 1.82) is 0 Å². The summed E-state index contributed by atoms with van der Waals surface area (Å²) in [6.07, 6.45) is 3.00. The van der Waals surface area contributed by atoms with E-state index in [1.807, 2.05) is 47.8 Å². The van der Waals surface area contributed by atoms with Crippen LogP contribution in [0.25, 0.3) is 10.1 Å². The Bertz CT molecular complexity index is 1630. The van der Waals surface area contributed by atoms with Gasteiger partial charge >= 0.3 is 0 Å². The van der Waals surface area contributed by atoms with E-state index >= 15 is 0 Å². The third-order valence-corrected chi connectivity index (χ3v) is 8.63. The molecule has 3 atom stereocenters. The summed E-state index contributed by atoms with van der Waals surface area (Å²) in [6.45, 7) is 1.78. The van der Waals surface area contributed by atoms with Crippen LogP contribution < -0.4 is 20.9 Å². The van der Waals surface area contributed by atoms with Gasteiger partial charge in [-0.3, -0.25) is 24.1 Å². The molecule has 2 aliphatic rings. The largest absolute Gasteiger partial charge is 0.348 e. The third-order valence-electron chi connectivity index (χ3n) is 7.62. The molecular formula is C29H29N7O4S. The van der Waals surface area contributed by atoms with Gasteiger partial charge in [0.15, 0.2) is 0 Å². The number of thiophene rings is 1. The Balaban J connectivity index is 1.13. The summed E-state index contributed by atoms with van der Waals surface area (Å²) in [5.41, 5.74) is 4.12. The number of para-hydroxylation sites is 1. The maximum atomic E-state index is 13.9. The van der Waals surface area contributed by atoms with Gasteiger partial charge < -0.3 is 16.0 Å². The number of hydrogen-bond donors (Lipinski definition) is 4. The molecule has 4 aromatic rings. The number of fused-ring (bicyclic) bond motifs is 1. The minimum Gasteiger partial charge on any atom is -0.348 e. The highest BCUT2D eigenvalue weighted by atomic mass is 32.1. The molecule has 210 valence electrons. The molecule has 4 heterocycles. The van der Waals surface area contributed by atoms with Gasteiger partial charge in [0.1, 0.15) is 23.8 Å². The Morgan fingerprint density at radius 2 is 1.98 bits per heavy atom. The van der Waals surface area contributed by atoms with Crippen LogP contribution in [0.1, 0.15) is 35.7 Å². The van der Waals surface area contributed by atoms with Crippen LogP contribution in [-0.4, -0.2) is 57.2 Å². The highest BCUT2D eigenvalue weighted by molar-refractivity contribution is 7.17. The quantitative estimate of drug-likeness (QED) is 0.253. The minimum absolute atomic E-state index is 0.154. The van der Waals surface area contributed by atoms with Crippen molar-refractivity contribution < 1.29 is 19.2 Å². The number of aromatic amines is 1. The van der Waals surface area contributed by atoms with Crippen molar-refractivity contribution in [3.63, 3.8) is 0 Å². The summed E-state index contributed by atoms with van der Waals surface area (Å²) >= 11 is 1.58. The first-order valence-electron chi connectivity index (χ1n) is 13.5. The average Bonchev–Trinajstić information content (AvgIpc) is 3.71. The van der Waals surface area contributed by atoms with Gasteiger partial charge in [0, 0.05) is 11.1 Å². The van der Waals surface area contributed by atoms with Gasteiger partial charge in [0.2, 0.25) is 23.6 Å². The smallest absolute Gasteiger partial charge is 0.250 e. The SMILES string of the molecule is C[C@H](NC(=O)Cc1csc2ccccc12)C(=O)N[C@H]1CCc2cccc3c2N(C1=O)[C@H](C(=O)NCc1cn[nH]n1)C3. The maximum Gasteiger partial charge on any atom is 0.250 e. The number of aryl methyl sites for hydroxylation is 1. The van der Waals surface area contributed by atoms with Crippen molar-refractivity contribution in [2.75, 3.05) is 4.90 Å². The summed E-state index contributed by atoms with van der Waals surface area (Å²) in [5.74, 6) is -1.38. The van der Waals surface area contributed by atoms with E-state index in [0.29, 0.717) is 25.0 Å². The van der Waals surface area contributed by atoms with E-state index in [1.165, 1.54) is 11.1 Å². The van der Waals surface area contributed by atoms with E-state index in [1.54, 1.807) is 18.3 Å². The van der Waals surface area contributed by atoms with Gasteiger partial charge in [-0.25, -0.2) is 0 Å². The van der Waals surface area contributed by atoms with E-state index in [2.05, 4.69) is 31.4 Å². The fourth-order valence-corrected chi connectivity index (χ4v) is 6.54. The lowest BCUT2D eigenvalue weighted by Crippen LogP contribution is -2.56. The van der Waals surface area contributed by atoms with Crippen LogP contribution in [-0.2, 0) is 45.0 Å². The van der Waals surface area contributed by atoms with Crippen molar-refractivity contribution in [2.45, 2.75) is 57.3 Å². The Morgan fingerprint density at radius 1 is 1.15 bits per heavy atom. The lowest BCUT2D eigenvalue weighted by molar-refractivity contribution is -0.131. The Labute approximate surface area is 239 Å². The molecule has 0 fully saturated rings. The molecule has 0 radical (unpaired) electrons. The molecule has 4 amide bonds. The van der Waals surface area contributed by atoms with Crippen LogP contribution in [0, 0.1) is 0 Å². The number of carbonyl (C=O) groups excluding carboxylic acids is 4. The zero-order valence-corrected chi connectivity index (χ0v) is 23.2. The third kappa shape index (κ3) is 5.30. The van der Waals surface area contributed by atoms with Crippen LogP contribution in [0.2, 0.25) is 0 Å². The number of rotatable bonds is 8. The Hall–Kier alpha value is -4.58. The van der Waals surface area contributed by atoms with Crippen LogP contribution in [0.4, 0.5) is 5.69 Å². The predicted molar refractivity (Wildman–Crippen MR) is 153 cm³/mol. The van der Waals surface area contributed by atoms with Gasteiger partial charge in [-0.15, -0.1) is 11.3 Å². The molecule has 11 nitrogen and oxygen atoms in total. The standard InChI is InChI=1S/C29H29N7O4S/c1-16(32-25(37)12-19-15-41-24-8-3-2-7-21(19)24)27(38)33-22-10-9-17-5-4-6-18-11-23(36(26(17)18)29(22)40)28(39)30-13-20-14-31-35-34-20/h2-8,14-16,22-23H,9-13H2,1H3,(H,30,39)(H,32,37)(H,33,38)(H,31,34,35)/t16-,22-,23-/m0/s1. The highest BCUT2D eigenvalue weighted by Crippen LogP contribution is 2.39. The maximum absolute atomic E-state index is 13.9. The molecule has 2 aromatic carbocycles. The molecule has 41 heavy (non-hydrogen) atoms. The van der Waals surface area contributed by atoms with Crippen molar-refractivity contribution in [3.8, 4) is 0 Å². The predicted octanol–water partition coefficient (Wildman–Crippen LogP) is 1.77. The van der Waals surface area contributed by atoms with Crippen molar-refractivity contribution in [2.24, 2.45) is 0 Å². The lowest BCUT2D eigenvalue weighted by Gasteiger charge is -2.28. The van der Waals surface area contributed by atoms with Gasteiger partial charge in [-0.05, 0) is 53.3 Å². The molecule has 12 heteroatoms. The zero-order chi connectivity index (χ0) is 28.5. The number of amides is 4. The Morgan fingerprint density at radius 3 is 2.80 bits per heavy atom. The van der Waals surface area contributed by atoms with Gasteiger partial charge in [-0.1, -0.05) is 36.4 Å². The normalized spacial score (nSPS) is 18.5. The average molecular weight is 572 g/mol. The molecular weight excluding hydrogens is 542 g/mol. The lowest BCUT2D eigenvalue weighted by atomic mass is 10.0. The second-order valence-electron chi connectivity index (χ2n) is 10.4. The topological polar surface area (TPSA) is 149 Å². The zero-order valence-electron chi connectivity index (χ0n) is 22.3. The van der Waals surface area contributed by atoms with Crippen molar-refractivity contribution in [3.05, 3.63) is 76.4 Å². The molecule has 0 aliphatic carbocycles. The molecule has 0 bridgehead atoms. The van der Waals surface area contributed by atoms with Gasteiger partial charge in [0.05, 0.1) is 24.8 Å². The molecule has 0 saturated carbocycles. The summed E-state index contributed by atoms with van der Waals surface area (Å²) in [5, 5.41) is 21.6. The van der Waals surface area contributed by atoms with Crippen LogP contribution >= 0.6 is 11.3 Å². The highest BCUT2D eigenvalue weighted by Gasteiger charge is 2.44. The van der Waals surface area contributed by atoms with Crippen molar-refractivity contribution >= 4 is 50.7 Å². The number of nitrogens with one attached hydrogen (secondary N) is 4. The second-order valence-corrected chi connectivity index (χ2v) is 11.3. The second kappa shape index (κ2) is 11.1. The minimum atomic E-state index is -0.846. The molecule has 0 spiro atoms. The molecule has 0 saturated heterocycles. The molecule has 2 aromatic heterocycles. The first-order chi connectivity index (χ1) is 19.9. The van der Waals surface area contributed by atoms with Gasteiger partial charge in [0.25, 0.3) is 0 Å². The number of benzene rings is 2. The number of anilines is 1. The first-order valence-corrected chi connectivity index (χ1v) is 14.4. The number of hydrogen-bond acceptors (Lipinski definition) is 7. The van der Waals surface area contributed by atoms with E-state index in [-0.39, 0.29) is 30.7 Å². The fraction of sp³-hybridized carbons (Fsp3) is 0.310. The summed E-state index contributed by atoms with van der Waals surface area (Å²) in [7, 11) is 0. The number of nitrogens with zero attached hydrogens (tertiary/aromatic N) is 3. The summed E-state index contributed by atoms with van der Waals surface area (Å²) in [4.78, 5) is 54.6. The number of aromatic nitrogens is 3. The fourth-order valence-electron chi connectivity index (χ4n) is 5.58. The monoisotopic (exact) mass is 571 g/mol.